The molecule has 0 N–H and O–H groups in total. The van der Waals surface area contributed by atoms with Gasteiger partial charge >= 0.3 is 0 Å². The molecule has 0 radical (unpaired) electrons. The summed E-state index contributed by atoms with van der Waals surface area (Å²) in [5, 5.41) is 13.0. The second-order valence-electron chi connectivity index (χ2n) is 5.78. The highest BCUT2D eigenvalue weighted by Gasteiger charge is 2.42. The first-order valence-corrected chi connectivity index (χ1v) is 7.03. The van der Waals surface area contributed by atoms with Crippen molar-refractivity contribution in [2.75, 3.05) is 0 Å². The first kappa shape index (κ1) is 11.6. The maximum absolute atomic E-state index is 8.88. The minimum absolute atomic E-state index is 0.363. The van der Waals surface area contributed by atoms with Crippen LogP contribution in [0.15, 0.2) is 22.9 Å². The lowest BCUT2D eigenvalue weighted by Gasteiger charge is -2.17. The van der Waals surface area contributed by atoms with Gasteiger partial charge in [0.25, 0.3) is 5.89 Å². The Morgan fingerprint density at radius 3 is 3.00 bits per heavy atom. The molecule has 2 fully saturated rings. The predicted molar refractivity (Wildman–Crippen MR) is 70.4 cm³/mol. The summed E-state index contributed by atoms with van der Waals surface area (Å²) in [7, 11) is 0. The van der Waals surface area contributed by atoms with E-state index < -0.39 is 0 Å². The van der Waals surface area contributed by atoms with Crippen LogP contribution < -0.4 is 0 Å². The highest BCUT2D eigenvalue weighted by atomic mass is 16.5. The van der Waals surface area contributed by atoms with Crippen molar-refractivity contribution in [1.82, 2.24) is 15.1 Å². The Labute approximate surface area is 116 Å². The molecule has 5 heteroatoms. The average molecular weight is 266 g/mol. The first-order chi connectivity index (χ1) is 9.83. The fourth-order valence-corrected chi connectivity index (χ4v) is 3.69. The Morgan fingerprint density at radius 2 is 2.25 bits per heavy atom. The Balaban J connectivity index is 1.63. The summed E-state index contributed by atoms with van der Waals surface area (Å²) in [6.45, 7) is 0. The van der Waals surface area contributed by atoms with Crippen molar-refractivity contribution in [2.24, 2.45) is 11.8 Å². The molecule has 0 aromatic carbocycles. The number of nitrogens with zero attached hydrogens (tertiary/aromatic N) is 4. The van der Waals surface area contributed by atoms with Gasteiger partial charge in [-0.3, -0.25) is 0 Å². The Bertz CT molecular complexity index is 687. The molecule has 4 rings (SSSR count). The van der Waals surface area contributed by atoms with Crippen LogP contribution in [-0.2, 0) is 0 Å². The lowest BCUT2D eigenvalue weighted by Crippen LogP contribution is -2.09. The summed E-state index contributed by atoms with van der Waals surface area (Å²) in [5.41, 5.74) is 1.13. The lowest BCUT2D eigenvalue weighted by molar-refractivity contribution is 0.372. The predicted octanol–water partition coefficient (Wildman–Crippen LogP) is 2.91. The molecule has 2 aromatic heterocycles. The molecule has 100 valence electrons. The SMILES string of the molecule is N#Cc1cc(-c2nc(C3CC4CCC3C4)no2)ccn1. The number of hydrogen-bond acceptors (Lipinski definition) is 5. The number of pyridine rings is 1. The number of fused-ring (bicyclic) bond motifs is 2. The number of hydrogen-bond donors (Lipinski definition) is 0. The molecular formula is C15H14N4O. The van der Waals surface area contributed by atoms with Gasteiger partial charge in [0.05, 0.1) is 0 Å². The van der Waals surface area contributed by atoms with Gasteiger partial charge in [-0.1, -0.05) is 11.6 Å². The molecule has 2 bridgehead atoms. The van der Waals surface area contributed by atoms with Crippen LogP contribution in [0.1, 0.15) is 43.1 Å². The maximum Gasteiger partial charge on any atom is 0.258 e. The summed E-state index contributed by atoms with van der Waals surface area (Å²) in [4.78, 5) is 8.49. The average Bonchev–Trinajstić information content (AvgIpc) is 3.22. The molecule has 0 amide bonds. The highest BCUT2D eigenvalue weighted by molar-refractivity contribution is 5.54. The maximum atomic E-state index is 8.88. The van der Waals surface area contributed by atoms with Crippen LogP contribution in [0.3, 0.4) is 0 Å². The number of rotatable bonds is 2. The molecule has 3 atom stereocenters. The first-order valence-electron chi connectivity index (χ1n) is 7.03. The van der Waals surface area contributed by atoms with E-state index in [0.717, 1.165) is 23.2 Å². The van der Waals surface area contributed by atoms with Crippen LogP contribution in [-0.4, -0.2) is 15.1 Å². The topological polar surface area (TPSA) is 75.6 Å². The van der Waals surface area contributed by atoms with E-state index in [4.69, 9.17) is 9.78 Å². The van der Waals surface area contributed by atoms with E-state index in [1.54, 1.807) is 18.3 Å². The van der Waals surface area contributed by atoms with Gasteiger partial charge in [-0.05, 0) is 43.2 Å². The molecule has 0 spiro atoms. The zero-order valence-electron chi connectivity index (χ0n) is 11.0. The molecule has 2 aliphatic carbocycles. The molecule has 2 heterocycles. The minimum atomic E-state index is 0.363. The zero-order chi connectivity index (χ0) is 13.5. The van der Waals surface area contributed by atoms with E-state index in [-0.39, 0.29) is 0 Å². The smallest absolute Gasteiger partial charge is 0.258 e. The van der Waals surface area contributed by atoms with Crippen LogP contribution in [0.4, 0.5) is 0 Å². The van der Waals surface area contributed by atoms with E-state index in [1.807, 2.05) is 6.07 Å². The molecular weight excluding hydrogens is 252 g/mol. The van der Waals surface area contributed by atoms with Crippen LogP contribution in [0, 0.1) is 23.2 Å². The molecule has 0 saturated heterocycles. The van der Waals surface area contributed by atoms with Crippen LogP contribution in [0.2, 0.25) is 0 Å². The van der Waals surface area contributed by atoms with Crippen LogP contribution >= 0.6 is 0 Å². The van der Waals surface area contributed by atoms with Gasteiger partial charge in [-0.15, -0.1) is 0 Å². The molecule has 0 aliphatic heterocycles. The van der Waals surface area contributed by atoms with Gasteiger partial charge in [-0.25, -0.2) is 4.98 Å². The third-order valence-corrected chi connectivity index (χ3v) is 4.63. The fraction of sp³-hybridized carbons (Fsp3) is 0.467. The summed E-state index contributed by atoms with van der Waals surface area (Å²) in [6.07, 6.45) is 6.77. The zero-order valence-corrected chi connectivity index (χ0v) is 11.0. The molecule has 2 aliphatic rings. The molecule has 2 aromatic rings. The summed E-state index contributed by atoms with van der Waals surface area (Å²) < 4.78 is 5.37. The molecule has 5 nitrogen and oxygen atoms in total. The van der Waals surface area contributed by atoms with Crippen molar-refractivity contribution in [3.63, 3.8) is 0 Å². The standard InChI is InChI=1S/C15H14N4O/c16-8-12-7-11(3-4-17-12)15-18-14(19-20-15)13-6-9-1-2-10(13)5-9/h3-4,7,9-10,13H,1-2,5-6H2. The van der Waals surface area contributed by atoms with E-state index >= 15 is 0 Å². The number of nitriles is 1. The van der Waals surface area contributed by atoms with Crippen molar-refractivity contribution < 1.29 is 4.52 Å². The van der Waals surface area contributed by atoms with Gasteiger partial charge in [0, 0.05) is 17.7 Å². The second kappa shape index (κ2) is 4.41. The van der Waals surface area contributed by atoms with Crippen molar-refractivity contribution >= 4 is 0 Å². The van der Waals surface area contributed by atoms with E-state index in [9.17, 15) is 0 Å². The van der Waals surface area contributed by atoms with Crippen molar-refractivity contribution in [1.29, 1.82) is 5.26 Å². The van der Waals surface area contributed by atoms with Crippen molar-refractivity contribution in [3.8, 4) is 17.5 Å². The third kappa shape index (κ3) is 1.80. The Hall–Kier alpha value is -2.22. The number of aromatic nitrogens is 3. The summed E-state index contributed by atoms with van der Waals surface area (Å²) >= 11 is 0. The summed E-state index contributed by atoms with van der Waals surface area (Å²) in [5.74, 6) is 3.38. The monoisotopic (exact) mass is 266 g/mol. The van der Waals surface area contributed by atoms with Gasteiger partial charge < -0.3 is 4.52 Å². The molecule has 3 unspecified atom stereocenters. The quantitative estimate of drug-likeness (QED) is 0.835. The van der Waals surface area contributed by atoms with Crippen molar-refractivity contribution in [3.05, 3.63) is 29.8 Å². The van der Waals surface area contributed by atoms with E-state index in [0.29, 0.717) is 17.5 Å². The minimum Gasteiger partial charge on any atom is -0.334 e. The third-order valence-electron chi connectivity index (χ3n) is 4.63. The Kier molecular flexibility index (Phi) is 2.56. The van der Waals surface area contributed by atoms with Crippen LogP contribution in [0.5, 0.6) is 0 Å². The molecule has 20 heavy (non-hydrogen) atoms. The van der Waals surface area contributed by atoms with Crippen LogP contribution in [0.25, 0.3) is 11.5 Å². The summed E-state index contributed by atoms with van der Waals surface area (Å²) in [6, 6.07) is 5.49. The largest absolute Gasteiger partial charge is 0.334 e. The van der Waals surface area contributed by atoms with E-state index in [2.05, 4.69) is 15.1 Å². The van der Waals surface area contributed by atoms with E-state index in [1.165, 1.54) is 25.7 Å². The van der Waals surface area contributed by atoms with Gasteiger partial charge in [0.1, 0.15) is 11.8 Å². The second-order valence-corrected chi connectivity index (χ2v) is 5.78. The fourth-order valence-electron chi connectivity index (χ4n) is 3.69. The lowest BCUT2D eigenvalue weighted by atomic mass is 9.88. The van der Waals surface area contributed by atoms with Gasteiger partial charge in [-0.2, -0.15) is 10.2 Å². The normalized spacial score (nSPS) is 27.6. The molecule has 2 saturated carbocycles. The van der Waals surface area contributed by atoms with Crippen molar-refractivity contribution in [2.45, 2.75) is 31.6 Å². The highest BCUT2D eigenvalue weighted by Crippen LogP contribution is 2.52. The van der Waals surface area contributed by atoms with Gasteiger partial charge in [0.15, 0.2) is 5.82 Å². The van der Waals surface area contributed by atoms with Gasteiger partial charge in [0.2, 0.25) is 0 Å². The Morgan fingerprint density at radius 1 is 1.30 bits per heavy atom.